The standard InChI is InChI=1S/C12H15N3O2S/c16-15(17)11-6-4-10(5-7-11)13-12(18)14-8-2-1-3-9-14/h4-7H,1-3,8-9H2,(H,13,18). The van der Waals surface area contributed by atoms with Crippen LogP contribution in [0.2, 0.25) is 0 Å². The molecule has 6 heteroatoms. The van der Waals surface area contributed by atoms with E-state index < -0.39 is 4.92 Å². The van der Waals surface area contributed by atoms with Gasteiger partial charge >= 0.3 is 0 Å². The molecule has 1 aliphatic rings. The number of nitrogens with one attached hydrogen (secondary N) is 1. The van der Waals surface area contributed by atoms with Gasteiger partial charge in [0.1, 0.15) is 0 Å². The first-order valence-corrected chi connectivity index (χ1v) is 6.38. The van der Waals surface area contributed by atoms with Crippen LogP contribution in [-0.2, 0) is 0 Å². The lowest BCUT2D eigenvalue weighted by Gasteiger charge is -2.29. The molecule has 1 saturated heterocycles. The van der Waals surface area contributed by atoms with Crippen molar-refractivity contribution in [1.29, 1.82) is 0 Å². The molecule has 0 spiro atoms. The lowest BCUT2D eigenvalue weighted by Crippen LogP contribution is -2.38. The van der Waals surface area contributed by atoms with Gasteiger partial charge in [0.2, 0.25) is 0 Å². The summed E-state index contributed by atoms with van der Waals surface area (Å²) in [6.45, 7) is 1.97. The van der Waals surface area contributed by atoms with Crippen molar-refractivity contribution in [1.82, 2.24) is 4.90 Å². The van der Waals surface area contributed by atoms with E-state index in [4.69, 9.17) is 12.2 Å². The number of benzene rings is 1. The summed E-state index contributed by atoms with van der Waals surface area (Å²) >= 11 is 5.32. The van der Waals surface area contributed by atoms with Crippen LogP contribution in [0.15, 0.2) is 24.3 Å². The maximum atomic E-state index is 10.5. The maximum Gasteiger partial charge on any atom is 0.269 e. The van der Waals surface area contributed by atoms with Crippen molar-refractivity contribution < 1.29 is 4.92 Å². The van der Waals surface area contributed by atoms with E-state index in [0.717, 1.165) is 18.8 Å². The van der Waals surface area contributed by atoms with Crippen molar-refractivity contribution in [3.63, 3.8) is 0 Å². The zero-order chi connectivity index (χ0) is 13.0. The van der Waals surface area contributed by atoms with Crippen molar-refractivity contribution in [3.05, 3.63) is 34.4 Å². The minimum Gasteiger partial charge on any atom is -0.349 e. The minimum atomic E-state index is -0.410. The van der Waals surface area contributed by atoms with Crippen molar-refractivity contribution in [3.8, 4) is 0 Å². The summed E-state index contributed by atoms with van der Waals surface area (Å²) in [6.07, 6.45) is 3.60. The molecule has 2 rings (SSSR count). The lowest BCUT2D eigenvalue weighted by molar-refractivity contribution is -0.384. The molecular formula is C12H15N3O2S. The molecule has 96 valence electrons. The fourth-order valence-corrected chi connectivity index (χ4v) is 2.27. The summed E-state index contributed by atoms with van der Waals surface area (Å²) in [5.74, 6) is 0. The van der Waals surface area contributed by atoms with Crippen molar-refractivity contribution >= 4 is 28.7 Å². The van der Waals surface area contributed by atoms with Gasteiger partial charge in [0.05, 0.1) is 4.92 Å². The summed E-state index contributed by atoms with van der Waals surface area (Å²) in [5, 5.41) is 14.3. The Kier molecular flexibility index (Phi) is 4.09. The number of non-ortho nitro benzene ring substituents is 1. The molecule has 0 atom stereocenters. The van der Waals surface area contributed by atoms with Gasteiger partial charge in [-0.2, -0.15) is 0 Å². The first-order chi connectivity index (χ1) is 8.66. The predicted molar refractivity (Wildman–Crippen MR) is 74.7 cm³/mol. The van der Waals surface area contributed by atoms with Gasteiger partial charge < -0.3 is 10.2 Å². The normalized spacial score (nSPS) is 15.2. The highest BCUT2D eigenvalue weighted by Gasteiger charge is 2.13. The van der Waals surface area contributed by atoms with Crippen LogP contribution in [-0.4, -0.2) is 28.0 Å². The Labute approximate surface area is 111 Å². The average molecular weight is 265 g/mol. The number of likely N-dealkylation sites (tertiary alicyclic amines) is 1. The Bertz CT molecular complexity index is 441. The summed E-state index contributed by atoms with van der Waals surface area (Å²) < 4.78 is 0. The van der Waals surface area contributed by atoms with Crippen molar-refractivity contribution in [2.24, 2.45) is 0 Å². The number of anilines is 1. The molecule has 1 aromatic rings. The summed E-state index contributed by atoms with van der Waals surface area (Å²) in [6, 6.07) is 6.30. The Balaban J connectivity index is 1.96. The monoisotopic (exact) mass is 265 g/mol. The van der Waals surface area contributed by atoms with E-state index in [1.165, 1.54) is 31.4 Å². The molecule has 1 aromatic carbocycles. The molecule has 18 heavy (non-hydrogen) atoms. The highest BCUT2D eigenvalue weighted by Crippen LogP contribution is 2.17. The smallest absolute Gasteiger partial charge is 0.269 e. The molecule has 0 bridgehead atoms. The van der Waals surface area contributed by atoms with Crippen LogP contribution < -0.4 is 5.32 Å². The number of thiocarbonyl (C=S) groups is 1. The molecule has 1 N–H and O–H groups in total. The molecule has 1 heterocycles. The van der Waals surface area contributed by atoms with Crippen LogP contribution in [0.4, 0.5) is 11.4 Å². The average Bonchev–Trinajstić information content (AvgIpc) is 2.40. The van der Waals surface area contributed by atoms with Crippen LogP contribution in [0.3, 0.4) is 0 Å². The zero-order valence-electron chi connectivity index (χ0n) is 9.96. The van der Waals surface area contributed by atoms with Crippen molar-refractivity contribution in [2.75, 3.05) is 18.4 Å². The fraction of sp³-hybridized carbons (Fsp3) is 0.417. The van der Waals surface area contributed by atoms with E-state index >= 15 is 0 Å². The SMILES string of the molecule is O=[N+]([O-])c1ccc(NC(=S)N2CCCCC2)cc1. The van der Waals surface area contributed by atoms with E-state index in [9.17, 15) is 10.1 Å². The Hall–Kier alpha value is -1.69. The Morgan fingerprint density at radius 1 is 1.22 bits per heavy atom. The third-order valence-corrected chi connectivity index (χ3v) is 3.33. The fourth-order valence-electron chi connectivity index (χ4n) is 1.97. The predicted octanol–water partition coefficient (Wildman–Crippen LogP) is 2.78. The molecule has 0 aromatic heterocycles. The molecular weight excluding hydrogens is 250 g/mol. The second-order valence-corrected chi connectivity index (χ2v) is 4.67. The zero-order valence-corrected chi connectivity index (χ0v) is 10.8. The van der Waals surface area contributed by atoms with E-state index in [1.54, 1.807) is 12.1 Å². The van der Waals surface area contributed by atoms with E-state index in [-0.39, 0.29) is 5.69 Å². The van der Waals surface area contributed by atoms with Crippen LogP contribution in [0.5, 0.6) is 0 Å². The van der Waals surface area contributed by atoms with E-state index in [0.29, 0.717) is 5.11 Å². The minimum absolute atomic E-state index is 0.0874. The van der Waals surface area contributed by atoms with Gasteiger partial charge in [-0.05, 0) is 43.6 Å². The first kappa shape index (κ1) is 12.8. The highest BCUT2D eigenvalue weighted by molar-refractivity contribution is 7.80. The number of nitro benzene ring substituents is 1. The maximum absolute atomic E-state index is 10.5. The number of hydrogen-bond donors (Lipinski definition) is 1. The Morgan fingerprint density at radius 3 is 2.39 bits per heavy atom. The number of nitro groups is 1. The number of rotatable bonds is 2. The molecule has 0 amide bonds. The number of nitrogens with zero attached hydrogens (tertiary/aromatic N) is 2. The Morgan fingerprint density at radius 2 is 1.83 bits per heavy atom. The highest BCUT2D eigenvalue weighted by atomic mass is 32.1. The quantitative estimate of drug-likeness (QED) is 0.506. The molecule has 5 nitrogen and oxygen atoms in total. The molecule has 1 aliphatic heterocycles. The van der Waals surface area contributed by atoms with Crippen LogP contribution >= 0.6 is 12.2 Å². The number of hydrogen-bond acceptors (Lipinski definition) is 3. The summed E-state index contributed by atoms with van der Waals surface area (Å²) in [7, 11) is 0. The molecule has 0 unspecified atom stereocenters. The molecule has 0 radical (unpaired) electrons. The van der Waals surface area contributed by atoms with Crippen LogP contribution in [0.25, 0.3) is 0 Å². The largest absolute Gasteiger partial charge is 0.349 e. The van der Waals surface area contributed by atoms with E-state index in [1.807, 2.05) is 0 Å². The van der Waals surface area contributed by atoms with Gasteiger partial charge in [0.15, 0.2) is 5.11 Å². The summed E-state index contributed by atoms with van der Waals surface area (Å²) in [5.41, 5.74) is 0.876. The van der Waals surface area contributed by atoms with Gasteiger partial charge in [-0.25, -0.2) is 0 Å². The van der Waals surface area contributed by atoms with Gasteiger partial charge in [0, 0.05) is 30.9 Å². The van der Waals surface area contributed by atoms with Gasteiger partial charge in [-0.3, -0.25) is 10.1 Å². The third kappa shape index (κ3) is 3.16. The second kappa shape index (κ2) is 5.77. The molecule has 0 aliphatic carbocycles. The second-order valence-electron chi connectivity index (χ2n) is 4.28. The molecule has 0 saturated carbocycles. The lowest BCUT2D eigenvalue weighted by atomic mass is 10.1. The van der Waals surface area contributed by atoms with Gasteiger partial charge in [-0.1, -0.05) is 0 Å². The van der Waals surface area contributed by atoms with Crippen LogP contribution in [0, 0.1) is 10.1 Å². The van der Waals surface area contributed by atoms with Crippen molar-refractivity contribution in [2.45, 2.75) is 19.3 Å². The van der Waals surface area contributed by atoms with E-state index in [2.05, 4.69) is 10.2 Å². The van der Waals surface area contributed by atoms with Crippen LogP contribution in [0.1, 0.15) is 19.3 Å². The van der Waals surface area contributed by atoms with Gasteiger partial charge in [0.25, 0.3) is 5.69 Å². The first-order valence-electron chi connectivity index (χ1n) is 5.97. The third-order valence-electron chi connectivity index (χ3n) is 2.97. The summed E-state index contributed by atoms with van der Waals surface area (Å²) in [4.78, 5) is 12.3. The number of piperidine rings is 1. The topological polar surface area (TPSA) is 58.4 Å². The van der Waals surface area contributed by atoms with Gasteiger partial charge in [-0.15, -0.1) is 0 Å². The molecule has 1 fully saturated rings.